The molecule has 0 radical (unpaired) electrons. The van der Waals surface area contributed by atoms with Crippen molar-refractivity contribution in [2.45, 2.75) is 58.6 Å². The molecule has 14 heavy (non-hydrogen) atoms. The van der Waals surface area contributed by atoms with Crippen molar-refractivity contribution in [2.24, 2.45) is 4.99 Å². The first-order valence-electron chi connectivity index (χ1n) is 5.77. The maximum atomic E-state index is 6.00. The van der Waals surface area contributed by atoms with Crippen molar-refractivity contribution < 1.29 is 4.43 Å². The molecule has 0 bridgehead atoms. The van der Waals surface area contributed by atoms with Gasteiger partial charge in [0.25, 0.3) is 0 Å². The van der Waals surface area contributed by atoms with Crippen LogP contribution in [0.3, 0.4) is 0 Å². The maximum absolute atomic E-state index is 6.00. The minimum Gasteiger partial charge on any atom is -0.419 e. The Morgan fingerprint density at radius 2 is 2.00 bits per heavy atom. The highest BCUT2D eigenvalue weighted by atomic mass is 28.2. The van der Waals surface area contributed by atoms with Gasteiger partial charge < -0.3 is 4.43 Å². The molecule has 0 aromatic carbocycles. The Bertz CT molecular complexity index is 155. The van der Waals surface area contributed by atoms with E-state index < -0.39 is 0 Å². The van der Waals surface area contributed by atoms with E-state index in [0.717, 1.165) is 19.4 Å². The second-order valence-corrected chi connectivity index (χ2v) is 5.28. The smallest absolute Gasteiger partial charge is 0.162 e. The summed E-state index contributed by atoms with van der Waals surface area (Å²) in [6.45, 7) is 9.59. The molecule has 0 aliphatic heterocycles. The molecule has 2 nitrogen and oxygen atoms in total. The Labute approximate surface area is 91.1 Å². The van der Waals surface area contributed by atoms with Gasteiger partial charge in [0.15, 0.2) is 9.76 Å². The van der Waals surface area contributed by atoms with Crippen molar-refractivity contribution in [1.82, 2.24) is 0 Å². The molecule has 0 atom stereocenters. The zero-order chi connectivity index (χ0) is 10.9. The molecule has 0 N–H and O–H groups in total. The van der Waals surface area contributed by atoms with Crippen molar-refractivity contribution in [3.8, 4) is 0 Å². The molecule has 84 valence electrons. The number of aliphatic imine (C=N–C) groups is 1. The monoisotopic (exact) mass is 215 g/mol. The van der Waals surface area contributed by atoms with Gasteiger partial charge in [-0.25, -0.2) is 0 Å². The summed E-state index contributed by atoms with van der Waals surface area (Å²) in [4.78, 5) is 4.19. The third kappa shape index (κ3) is 6.32. The Balaban J connectivity index is 3.43. The summed E-state index contributed by atoms with van der Waals surface area (Å²) in [5.74, 6) is 0. The van der Waals surface area contributed by atoms with E-state index >= 15 is 0 Å². The van der Waals surface area contributed by atoms with Gasteiger partial charge in [0.2, 0.25) is 0 Å². The zero-order valence-corrected chi connectivity index (χ0v) is 11.6. The third-order valence-corrected chi connectivity index (χ3v) is 4.50. The van der Waals surface area contributed by atoms with Crippen molar-refractivity contribution in [3.05, 3.63) is 0 Å². The van der Waals surface area contributed by atoms with Crippen LogP contribution in [-0.2, 0) is 4.43 Å². The molecule has 0 amide bonds. The van der Waals surface area contributed by atoms with E-state index in [4.69, 9.17) is 4.43 Å². The van der Waals surface area contributed by atoms with Crippen molar-refractivity contribution in [3.63, 3.8) is 0 Å². The molecule has 3 heteroatoms. The van der Waals surface area contributed by atoms with Gasteiger partial charge in [-0.05, 0) is 45.4 Å². The van der Waals surface area contributed by atoms with E-state index in [1.165, 1.54) is 12.5 Å². The largest absolute Gasteiger partial charge is 0.419 e. The topological polar surface area (TPSA) is 21.6 Å². The SMILES string of the molecule is CC=NCCC[SiH2]OC(C)(CC)CC. The van der Waals surface area contributed by atoms with E-state index in [-0.39, 0.29) is 15.4 Å². The minimum atomic E-state index is -0.317. The van der Waals surface area contributed by atoms with Crippen LogP contribution in [0, 0.1) is 0 Å². The van der Waals surface area contributed by atoms with Crippen LogP contribution in [0.25, 0.3) is 0 Å². The van der Waals surface area contributed by atoms with Crippen LogP contribution in [-0.4, -0.2) is 28.1 Å². The lowest BCUT2D eigenvalue weighted by Gasteiger charge is -2.27. The Morgan fingerprint density at radius 1 is 1.36 bits per heavy atom. The minimum absolute atomic E-state index is 0.153. The van der Waals surface area contributed by atoms with Crippen molar-refractivity contribution in [2.75, 3.05) is 6.54 Å². The lowest BCUT2D eigenvalue weighted by Crippen LogP contribution is -2.28. The second kappa shape index (κ2) is 8.18. The van der Waals surface area contributed by atoms with Gasteiger partial charge in [0.05, 0.1) is 5.60 Å². The lowest BCUT2D eigenvalue weighted by molar-refractivity contribution is 0.0851. The summed E-state index contributed by atoms with van der Waals surface area (Å²) in [6.07, 6.45) is 5.33. The molecule has 0 aromatic rings. The van der Waals surface area contributed by atoms with Crippen LogP contribution in [0.15, 0.2) is 4.99 Å². The third-order valence-electron chi connectivity index (χ3n) is 2.81. The first kappa shape index (κ1) is 13.8. The number of nitrogens with zero attached hydrogens (tertiary/aromatic N) is 1. The van der Waals surface area contributed by atoms with E-state index in [9.17, 15) is 0 Å². The van der Waals surface area contributed by atoms with E-state index in [1.807, 2.05) is 13.1 Å². The van der Waals surface area contributed by atoms with Crippen LogP contribution in [0.5, 0.6) is 0 Å². The molecular formula is C11H25NOSi. The first-order valence-corrected chi connectivity index (χ1v) is 7.34. The average Bonchev–Trinajstić information content (AvgIpc) is 2.23. The predicted molar refractivity (Wildman–Crippen MR) is 67.1 cm³/mol. The van der Waals surface area contributed by atoms with E-state index in [2.05, 4.69) is 25.8 Å². The molecular weight excluding hydrogens is 190 g/mol. The fraction of sp³-hybridized carbons (Fsp3) is 0.909. The predicted octanol–water partition coefficient (Wildman–Crippen LogP) is 2.56. The molecule has 0 fully saturated rings. The summed E-state index contributed by atoms with van der Waals surface area (Å²) in [7, 11) is -0.317. The van der Waals surface area contributed by atoms with Crippen LogP contribution < -0.4 is 0 Å². The maximum Gasteiger partial charge on any atom is 0.162 e. The molecule has 0 aromatic heterocycles. The number of hydrogen-bond donors (Lipinski definition) is 0. The quantitative estimate of drug-likeness (QED) is 0.346. The summed E-state index contributed by atoms with van der Waals surface area (Å²) < 4.78 is 6.00. The standard InChI is InChI=1S/C11H25NOSi/c1-5-11(4,6-2)13-14-10-8-9-12-7-3/h7H,5-6,8-10,14H2,1-4H3. The highest BCUT2D eigenvalue weighted by Crippen LogP contribution is 2.18. The highest BCUT2D eigenvalue weighted by Gasteiger charge is 2.18. The van der Waals surface area contributed by atoms with Crippen LogP contribution in [0.4, 0.5) is 0 Å². The normalized spacial score (nSPS) is 13.4. The van der Waals surface area contributed by atoms with E-state index in [1.54, 1.807) is 0 Å². The summed E-state index contributed by atoms with van der Waals surface area (Å²) in [5, 5.41) is 0. The lowest BCUT2D eigenvalue weighted by atomic mass is 10.0. The Kier molecular flexibility index (Phi) is 8.09. The number of hydrogen-bond acceptors (Lipinski definition) is 2. The Hall–Kier alpha value is -0.153. The molecule has 0 heterocycles. The van der Waals surface area contributed by atoms with Gasteiger partial charge in [-0.15, -0.1) is 0 Å². The zero-order valence-electron chi connectivity index (χ0n) is 10.2. The first-order chi connectivity index (χ1) is 6.68. The van der Waals surface area contributed by atoms with Crippen molar-refractivity contribution >= 4 is 16.0 Å². The van der Waals surface area contributed by atoms with Crippen LogP contribution in [0.1, 0.15) is 47.0 Å². The number of rotatable bonds is 8. The van der Waals surface area contributed by atoms with Crippen LogP contribution in [0.2, 0.25) is 6.04 Å². The second-order valence-electron chi connectivity index (χ2n) is 3.88. The fourth-order valence-corrected chi connectivity index (χ4v) is 2.68. The summed E-state index contributed by atoms with van der Waals surface area (Å²) in [6, 6.07) is 1.26. The van der Waals surface area contributed by atoms with Gasteiger partial charge in [-0.1, -0.05) is 13.8 Å². The van der Waals surface area contributed by atoms with Gasteiger partial charge in [-0.2, -0.15) is 0 Å². The van der Waals surface area contributed by atoms with E-state index in [0.29, 0.717) is 0 Å². The van der Waals surface area contributed by atoms with Crippen LogP contribution >= 0.6 is 0 Å². The average molecular weight is 215 g/mol. The molecule has 0 unspecified atom stereocenters. The molecule has 0 rings (SSSR count). The summed E-state index contributed by atoms with van der Waals surface area (Å²) >= 11 is 0. The summed E-state index contributed by atoms with van der Waals surface area (Å²) in [5.41, 5.74) is 0.153. The molecule has 0 aliphatic carbocycles. The molecule has 0 aliphatic rings. The molecule has 0 saturated heterocycles. The van der Waals surface area contributed by atoms with Crippen molar-refractivity contribution in [1.29, 1.82) is 0 Å². The van der Waals surface area contributed by atoms with Gasteiger partial charge >= 0.3 is 0 Å². The van der Waals surface area contributed by atoms with Gasteiger partial charge in [0.1, 0.15) is 0 Å². The molecule has 0 saturated carbocycles. The van der Waals surface area contributed by atoms with Gasteiger partial charge in [-0.3, -0.25) is 4.99 Å². The molecule has 0 spiro atoms. The highest BCUT2D eigenvalue weighted by molar-refractivity contribution is 6.27. The fourth-order valence-electron chi connectivity index (χ4n) is 1.21. The van der Waals surface area contributed by atoms with Gasteiger partial charge in [0, 0.05) is 6.54 Å². The Morgan fingerprint density at radius 3 is 2.50 bits per heavy atom.